The molecule has 37 heavy (non-hydrogen) atoms. The Morgan fingerprint density at radius 3 is 2.38 bits per heavy atom. The van der Waals surface area contributed by atoms with Gasteiger partial charge in [-0.25, -0.2) is 4.39 Å². The van der Waals surface area contributed by atoms with Crippen molar-refractivity contribution in [2.24, 2.45) is 5.92 Å². The third kappa shape index (κ3) is 4.14. The molecule has 1 saturated heterocycles. The molecule has 0 N–H and O–H groups in total. The molecule has 3 aliphatic rings. The first kappa shape index (κ1) is 25.5. The predicted octanol–water partition coefficient (Wildman–Crippen LogP) is 4.80. The Kier molecular flexibility index (Phi) is 6.40. The van der Waals surface area contributed by atoms with E-state index in [4.69, 9.17) is 14.2 Å². The molecule has 194 valence electrons. The number of thioether (sulfide) groups is 1. The molecule has 0 radical (unpaired) electrons. The largest absolute Gasteiger partial charge is 0.493 e. The number of rotatable bonds is 5. The Balaban J connectivity index is 1.74. The predicted molar refractivity (Wildman–Crippen MR) is 135 cm³/mol. The molecule has 7 nitrogen and oxygen atoms in total. The number of halogens is 1. The molecule has 5 atom stereocenters. The van der Waals surface area contributed by atoms with Crippen LogP contribution in [0, 0.1) is 11.7 Å². The number of ketones is 1. The highest BCUT2D eigenvalue weighted by Crippen LogP contribution is 2.65. The molecular weight excluding hydrogens is 497 g/mol. The third-order valence-corrected chi connectivity index (χ3v) is 9.10. The van der Waals surface area contributed by atoms with E-state index in [0.717, 1.165) is 10.5 Å². The van der Waals surface area contributed by atoms with E-state index in [0.29, 0.717) is 11.3 Å². The number of carbonyl (C=O) groups is 3. The van der Waals surface area contributed by atoms with E-state index in [1.54, 1.807) is 30.0 Å². The van der Waals surface area contributed by atoms with Crippen molar-refractivity contribution in [1.29, 1.82) is 0 Å². The number of esters is 2. The first-order valence-corrected chi connectivity index (χ1v) is 12.9. The first-order chi connectivity index (χ1) is 17.5. The minimum Gasteiger partial charge on any atom is -0.493 e. The molecule has 0 amide bonds. The number of methoxy groups -OCH3 is 1. The number of likely N-dealkylation sites (tertiary alicyclic amines) is 1. The van der Waals surface area contributed by atoms with Crippen LogP contribution in [0.25, 0.3) is 0 Å². The van der Waals surface area contributed by atoms with Gasteiger partial charge in [-0.15, -0.1) is 11.8 Å². The smallest absolute Gasteiger partial charge is 0.308 e. The zero-order valence-electron chi connectivity index (χ0n) is 21.2. The van der Waals surface area contributed by atoms with Crippen molar-refractivity contribution in [3.8, 4) is 11.5 Å². The van der Waals surface area contributed by atoms with Gasteiger partial charge in [0.1, 0.15) is 5.82 Å². The van der Waals surface area contributed by atoms with E-state index in [9.17, 15) is 18.8 Å². The van der Waals surface area contributed by atoms with E-state index >= 15 is 0 Å². The van der Waals surface area contributed by atoms with E-state index < -0.39 is 17.5 Å². The van der Waals surface area contributed by atoms with Crippen LogP contribution < -0.4 is 9.47 Å². The van der Waals surface area contributed by atoms with Crippen LogP contribution >= 0.6 is 11.8 Å². The second-order valence-corrected chi connectivity index (χ2v) is 11.1. The number of ether oxygens (including phenoxy) is 3. The molecular formula is C28H28FNO6S. The highest BCUT2D eigenvalue weighted by atomic mass is 32.2. The van der Waals surface area contributed by atoms with E-state index in [2.05, 4.69) is 11.8 Å². The lowest BCUT2D eigenvalue weighted by molar-refractivity contribution is -0.135. The van der Waals surface area contributed by atoms with Crippen LogP contribution in [-0.4, -0.2) is 48.4 Å². The summed E-state index contributed by atoms with van der Waals surface area (Å²) in [6.07, 6.45) is 2.05. The minimum atomic E-state index is -0.559. The van der Waals surface area contributed by atoms with Gasteiger partial charge in [-0.1, -0.05) is 6.07 Å². The molecule has 1 aliphatic heterocycles. The summed E-state index contributed by atoms with van der Waals surface area (Å²) in [6, 6.07) is 9.87. The average molecular weight is 526 g/mol. The van der Waals surface area contributed by atoms with Crippen molar-refractivity contribution in [2.75, 3.05) is 14.2 Å². The van der Waals surface area contributed by atoms with Crippen molar-refractivity contribution in [3.05, 3.63) is 65.2 Å². The Hall–Kier alpha value is -3.17. The number of nitrogens with zero attached hydrogens (tertiary/aromatic N) is 1. The van der Waals surface area contributed by atoms with Gasteiger partial charge < -0.3 is 14.2 Å². The normalized spacial score (nSPS) is 28.2. The number of hydrogen-bond acceptors (Lipinski definition) is 8. The Morgan fingerprint density at radius 1 is 1.08 bits per heavy atom. The molecule has 2 aromatic carbocycles. The maximum Gasteiger partial charge on any atom is 0.308 e. The zero-order valence-corrected chi connectivity index (χ0v) is 22.1. The average Bonchev–Trinajstić information content (AvgIpc) is 2.94. The molecule has 2 aliphatic carbocycles. The summed E-state index contributed by atoms with van der Waals surface area (Å²) in [5.74, 6) is -1.30. The minimum absolute atomic E-state index is 0.0264. The lowest BCUT2D eigenvalue weighted by Gasteiger charge is -2.66. The van der Waals surface area contributed by atoms with Gasteiger partial charge in [0.2, 0.25) is 0 Å². The Morgan fingerprint density at radius 2 is 1.76 bits per heavy atom. The number of benzene rings is 2. The maximum absolute atomic E-state index is 13.6. The van der Waals surface area contributed by atoms with E-state index in [1.807, 2.05) is 19.2 Å². The van der Waals surface area contributed by atoms with Crippen LogP contribution in [0.5, 0.6) is 11.5 Å². The monoisotopic (exact) mass is 525 g/mol. The topological polar surface area (TPSA) is 82.1 Å². The van der Waals surface area contributed by atoms with Crippen LogP contribution in [0.15, 0.2) is 53.1 Å². The lowest BCUT2D eigenvalue weighted by atomic mass is 9.56. The maximum atomic E-state index is 13.6. The van der Waals surface area contributed by atoms with Crippen molar-refractivity contribution < 1.29 is 33.0 Å². The lowest BCUT2D eigenvalue weighted by Crippen LogP contribution is -2.73. The molecule has 9 heteroatoms. The summed E-state index contributed by atoms with van der Waals surface area (Å²) >= 11 is 1.59. The second kappa shape index (κ2) is 9.29. The summed E-state index contributed by atoms with van der Waals surface area (Å²) < 4.78 is 30.3. The first-order valence-electron chi connectivity index (χ1n) is 12.0. The molecule has 0 aromatic heterocycles. The van der Waals surface area contributed by atoms with E-state index in [-0.39, 0.29) is 52.6 Å². The number of Topliss-reactive ketones (excluding diaryl/α,β-unsaturated/α-hetero) is 1. The van der Waals surface area contributed by atoms with E-state index in [1.165, 1.54) is 33.1 Å². The summed E-state index contributed by atoms with van der Waals surface area (Å²) in [6.45, 7) is 4.64. The Bertz CT molecular complexity index is 1320. The number of allylic oxidation sites excluding steroid dienone is 1. The van der Waals surface area contributed by atoms with Gasteiger partial charge in [0.15, 0.2) is 23.0 Å². The summed E-state index contributed by atoms with van der Waals surface area (Å²) in [4.78, 5) is 40.5. The van der Waals surface area contributed by atoms with Crippen molar-refractivity contribution in [3.63, 3.8) is 0 Å². The standard InChI is InChI=1S/C28H28FNO6S/c1-14(31)35-21-11-10-18-23(26(21)36-15(2)32)19-12-20(33)22(34-5)13-28(3)24(19)25(30(28)4)27(18)37-17-8-6-16(29)7-9-17/h6-11,13,19,24-25,27H,12H2,1-5H3/t19?,24-,25+,27+,28?/m0/s1. The Labute approximate surface area is 218 Å². The fourth-order valence-corrected chi connectivity index (χ4v) is 7.62. The molecule has 0 bridgehead atoms. The number of carbonyl (C=O) groups excluding carboxylic acids is 3. The second-order valence-electron chi connectivity index (χ2n) is 9.87. The number of likely N-dealkylation sites (N-methyl/N-ethyl adjacent to an activating group) is 1. The number of hydrogen-bond donors (Lipinski definition) is 0. The van der Waals surface area contributed by atoms with Gasteiger partial charge in [0.25, 0.3) is 0 Å². The molecule has 2 unspecified atom stereocenters. The third-order valence-electron chi connectivity index (χ3n) is 7.76. The summed E-state index contributed by atoms with van der Waals surface area (Å²) in [7, 11) is 3.52. The van der Waals surface area contributed by atoms with Crippen LogP contribution in [0.4, 0.5) is 4.39 Å². The van der Waals surface area contributed by atoms with Crippen LogP contribution in [0.2, 0.25) is 0 Å². The zero-order chi connectivity index (χ0) is 26.6. The van der Waals surface area contributed by atoms with Gasteiger partial charge in [-0.3, -0.25) is 19.3 Å². The van der Waals surface area contributed by atoms with Gasteiger partial charge in [0.05, 0.1) is 12.4 Å². The number of fused-ring (bicyclic) bond motifs is 2. The van der Waals surface area contributed by atoms with Gasteiger partial charge >= 0.3 is 11.9 Å². The van der Waals surface area contributed by atoms with Crippen molar-refractivity contribution in [2.45, 2.75) is 54.8 Å². The van der Waals surface area contributed by atoms with Gasteiger partial charge in [-0.2, -0.15) is 0 Å². The van der Waals surface area contributed by atoms with Crippen LogP contribution in [-0.2, 0) is 19.1 Å². The fourth-order valence-electron chi connectivity index (χ4n) is 6.21. The SMILES string of the molecule is COC1=CC2(C)[C@H]3C(CC1=O)c1c(ccc(OC(C)=O)c1OC(C)=O)[C@@H](Sc1ccc(F)cc1)[C@@H]3N2C. The van der Waals surface area contributed by atoms with Crippen LogP contribution in [0.3, 0.4) is 0 Å². The quantitative estimate of drug-likeness (QED) is 0.407. The molecule has 2 aromatic rings. The summed E-state index contributed by atoms with van der Waals surface area (Å²) in [5.41, 5.74) is 1.07. The molecule has 1 fully saturated rings. The molecule has 1 heterocycles. The van der Waals surface area contributed by atoms with Crippen LogP contribution in [0.1, 0.15) is 49.5 Å². The summed E-state index contributed by atoms with van der Waals surface area (Å²) in [5, 5.41) is -0.131. The van der Waals surface area contributed by atoms with Gasteiger partial charge in [0, 0.05) is 54.1 Å². The molecule has 0 spiro atoms. The molecule has 0 saturated carbocycles. The van der Waals surface area contributed by atoms with Gasteiger partial charge in [-0.05, 0) is 55.9 Å². The highest BCUT2D eigenvalue weighted by molar-refractivity contribution is 7.99. The molecule has 5 rings (SSSR count). The van der Waals surface area contributed by atoms with Crippen molar-refractivity contribution in [1.82, 2.24) is 4.90 Å². The van der Waals surface area contributed by atoms with Crippen molar-refractivity contribution >= 4 is 29.5 Å². The fraction of sp³-hybridized carbons (Fsp3) is 0.393. The highest BCUT2D eigenvalue weighted by Gasteiger charge is 2.65.